The molecule has 2 saturated heterocycles. The van der Waals surface area contributed by atoms with Crippen LogP contribution in [-0.2, 0) is 11.2 Å². The van der Waals surface area contributed by atoms with Gasteiger partial charge in [-0.3, -0.25) is 0 Å². The quantitative estimate of drug-likeness (QED) is 0.931. The van der Waals surface area contributed by atoms with Gasteiger partial charge in [-0.05, 0) is 43.4 Å². The maximum atomic E-state index is 13.8. The van der Waals surface area contributed by atoms with Crippen LogP contribution in [0.1, 0.15) is 24.8 Å². The smallest absolute Gasteiger partial charge is 0.127 e. The van der Waals surface area contributed by atoms with Crippen LogP contribution >= 0.6 is 15.9 Å². The van der Waals surface area contributed by atoms with E-state index in [1.165, 1.54) is 12.5 Å². The molecule has 4 unspecified atom stereocenters. The Labute approximate surface area is 115 Å². The largest absolute Gasteiger partial charge is 0.375 e. The second-order valence-corrected chi connectivity index (χ2v) is 6.29. The average molecular weight is 314 g/mol. The van der Waals surface area contributed by atoms with Crippen LogP contribution in [0.5, 0.6) is 0 Å². The number of fused-ring (bicyclic) bond motifs is 2. The monoisotopic (exact) mass is 313 g/mol. The lowest BCUT2D eigenvalue weighted by Crippen LogP contribution is -2.38. The summed E-state index contributed by atoms with van der Waals surface area (Å²) in [5.74, 6) is 0.218. The first kappa shape index (κ1) is 12.6. The van der Waals surface area contributed by atoms with Crippen molar-refractivity contribution in [2.75, 3.05) is 0 Å². The molecule has 2 N–H and O–H groups in total. The van der Waals surface area contributed by atoms with E-state index in [0.717, 1.165) is 17.3 Å². The molecular weight excluding hydrogens is 297 g/mol. The zero-order chi connectivity index (χ0) is 12.7. The van der Waals surface area contributed by atoms with Gasteiger partial charge in [-0.25, -0.2) is 4.39 Å². The van der Waals surface area contributed by atoms with Crippen molar-refractivity contribution in [1.29, 1.82) is 0 Å². The third-order valence-corrected chi connectivity index (χ3v) is 4.67. The van der Waals surface area contributed by atoms with Crippen LogP contribution in [0, 0.1) is 11.7 Å². The van der Waals surface area contributed by atoms with E-state index in [1.807, 2.05) is 12.1 Å². The van der Waals surface area contributed by atoms with E-state index in [-0.39, 0.29) is 11.9 Å². The Kier molecular flexibility index (Phi) is 3.43. The molecule has 2 heterocycles. The molecular formula is C14H17BrFNO. The topological polar surface area (TPSA) is 35.2 Å². The summed E-state index contributed by atoms with van der Waals surface area (Å²) in [5.41, 5.74) is 6.95. The van der Waals surface area contributed by atoms with E-state index in [2.05, 4.69) is 15.9 Å². The summed E-state index contributed by atoms with van der Waals surface area (Å²) in [6.07, 6.45) is 4.64. The van der Waals surface area contributed by atoms with E-state index in [9.17, 15) is 4.39 Å². The maximum Gasteiger partial charge on any atom is 0.127 e. The zero-order valence-corrected chi connectivity index (χ0v) is 11.7. The number of hydrogen-bond acceptors (Lipinski definition) is 2. The van der Waals surface area contributed by atoms with E-state index in [0.29, 0.717) is 30.1 Å². The standard InChI is InChI=1S/C14H17BrFNO/c15-9-2-1-8(12(16)6-9)5-13(17)11-7-10-3-4-14(11)18-10/h1-2,6,10-11,13-14H,3-5,7,17H2. The molecule has 3 rings (SSSR count). The Balaban J connectivity index is 1.69. The van der Waals surface area contributed by atoms with Crippen molar-refractivity contribution in [3.8, 4) is 0 Å². The molecule has 1 aromatic rings. The number of halogens is 2. The van der Waals surface area contributed by atoms with E-state index < -0.39 is 0 Å². The zero-order valence-electron chi connectivity index (χ0n) is 10.1. The highest BCUT2D eigenvalue weighted by Gasteiger charge is 2.43. The number of hydrogen-bond donors (Lipinski definition) is 1. The number of nitrogens with two attached hydrogens (primary N) is 1. The molecule has 4 atom stereocenters. The van der Waals surface area contributed by atoms with Crippen molar-refractivity contribution >= 4 is 15.9 Å². The van der Waals surface area contributed by atoms with Gasteiger partial charge >= 0.3 is 0 Å². The summed E-state index contributed by atoms with van der Waals surface area (Å²) >= 11 is 3.26. The predicted molar refractivity (Wildman–Crippen MR) is 71.8 cm³/mol. The van der Waals surface area contributed by atoms with Crippen molar-refractivity contribution < 1.29 is 9.13 Å². The van der Waals surface area contributed by atoms with Gasteiger partial charge in [0.15, 0.2) is 0 Å². The Morgan fingerprint density at radius 3 is 2.89 bits per heavy atom. The number of benzene rings is 1. The van der Waals surface area contributed by atoms with Crippen molar-refractivity contribution in [2.45, 2.75) is 43.9 Å². The second-order valence-electron chi connectivity index (χ2n) is 5.38. The molecule has 2 aliphatic heterocycles. The van der Waals surface area contributed by atoms with Crippen LogP contribution in [-0.4, -0.2) is 18.2 Å². The molecule has 4 heteroatoms. The molecule has 0 spiro atoms. The van der Waals surface area contributed by atoms with Gasteiger partial charge in [0.05, 0.1) is 12.2 Å². The molecule has 0 aliphatic carbocycles. The first-order valence-corrected chi connectivity index (χ1v) is 7.28. The minimum atomic E-state index is -0.177. The molecule has 0 aromatic heterocycles. The van der Waals surface area contributed by atoms with Crippen LogP contribution in [0.3, 0.4) is 0 Å². The Morgan fingerprint density at radius 1 is 1.44 bits per heavy atom. The van der Waals surface area contributed by atoms with Gasteiger partial charge in [0.2, 0.25) is 0 Å². The predicted octanol–water partition coefficient (Wildman–Crippen LogP) is 3.03. The van der Waals surface area contributed by atoms with Crippen molar-refractivity contribution in [2.24, 2.45) is 11.7 Å². The molecule has 2 fully saturated rings. The molecule has 98 valence electrons. The third kappa shape index (κ3) is 2.33. The summed E-state index contributed by atoms with van der Waals surface area (Å²) < 4.78 is 20.3. The third-order valence-electron chi connectivity index (χ3n) is 4.17. The molecule has 0 saturated carbocycles. The summed E-state index contributed by atoms with van der Waals surface area (Å²) in [6, 6.07) is 5.17. The fourth-order valence-corrected chi connectivity index (χ4v) is 3.55. The first-order chi connectivity index (χ1) is 8.63. The van der Waals surface area contributed by atoms with E-state index in [1.54, 1.807) is 0 Å². The van der Waals surface area contributed by atoms with E-state index in [4.69, 9.17) is 10.5 Å². The molecule has 2 nitrogen and oxygen atoms in total. The second kappa shape index (κ2) is 4.91. The minimum Gasteiger partial charge on any atom is -0.375 e. The lowest BCUT2D eigenvalue weighted by molar-refractivity contribution is 0.0884. The minimum absolute atomic E-state index is 0.00373. The Morgan fingerprint density at radius 2 is 2.28 bits per heavy atom. The van der Waals surface area contributed by atoms with Crippen molar-refractivity contribution in [3.05, 3.63) is 34.1 Å². The van der Waals surface area contributed by atoms with Gasteiger partial charge in [-0.15, -0.1) is 0 Å². The fourth-order valence-electron chi connectivity index (χ4n) is 3.22. The van der Waals surface area contributed by atoms with Crippen LogP contribution in [0.15, 0.2) is 22.7 Å². The maximum absolute atomic E-state index is 13.8. The van der Waals surface area contributed by atoms with Gasteiger partial charge in [0, 0.05) is 16.4 Å². The Hall–Kier alpha value is -0.450. The normalized spacial score (nSPS) is 31.8. The summed E-state index contributed by atoms with van der Waals surface area (Å²) in [6.45, 7) is 0. The van der Waals surface area contributed by atoms with Crippen molar-refractivity contribution in [3.63, 3.8) is 0 Å². The molecule has 1 aromatic carbocycles. The van der Waals surface area contributed by atoms with Gasteiger partial charge in [0.25, 0.3) is 0 Å². The van der Waals surface area contributed by atoms with Crippen LogP contribution in [0.4, 0.5) is 4.39 Å². The van der Waals surface area contributed by atoms with Crippen LogP contribution in [0.2, 0.25) is 0 Å². The highest BCUT2D eigenvalue weighted by Crippen LogP contribution is 2.40. The molecule has 0 radical (unpaired) electrons. The van der Waals surface area contributed by atoms with Crippen LogP contribution < -0.4 is 5.73 Å². The number of rotatable bonds is 3. The van der Waals surface area contributed by atoms with Crippen molar-refractivity contribution in [1.82, 2.24) is 0 Å². The molecule has 0 amide bonds. The molecule has 18 heavy (non-hydrogen) atoms. The van der Waals surface area contributed by atoms with Gasteiger partial charge in [-0.1, -0.05) is 22.0 Å². The first-order valence-electron chi connectivity index (χ1n) is 6.48. The summed E-state index contributed by atoms with van der Waals surface area (Å²) in [4.78, 5) is 0. The van der Waals surface area contributed by atoms with Gasteiger partial charge in [0.1, 0.15) is 5.82 Å². The SMILES string of the molecule is NC(Cc1ccc(Br)cc1F)C1CC2CCC1O2. The molecule has 2 bridgehead atoms. The van der Waals surface area contributed by atoms with Crippen LogP contribution in [0.25, 0.3) is 0 Å². The molecule has 2 aliphatic rings. The number of ether oxygens (including phenoxy) is 1. The highest BCUT2D eigenvalue weighted by atomic mass is 79.9. The lowest BCUT2D eigenvalue weighted by Gasteiger charge is -2.25. The average Bonchev–Trinajstić information content (AvgIpc) is 2.94. The lowest BCUT2D eigenvalue weighted by atomic mass is 9.82. The highest BCUT2D eigenvalue weighted by molar-refractivity contribution is 9.10. The van der Waals surface area contributed by atoms with Gasteiger partial charge < -0.3 is 10.5 Å². The van der Waals surface area contributed by atoms with E-state index >= 15 is 0 Å². The van der Waals surface area contributed by atoms with Gasteiger partial charge in [-0.2, -0.15) is 0 Å². The summed E-state index contributed by atoms with van der Waals surface area (Å²) in [5, 5.41) is 0. The fraction of sp³-hybridized carbons (Fsp3) is 0.571. The Bertz CT molecular complexity index is 453. The summed E-state index contributed by atoms with van der Waals surface area (Å²) in [7, 11) is 0.